The van der Waals surface area contributed by atoms with Gasteiger partial charge in [0.05, 0.1) is 22.7 Å². The summed E-state index contributed by atoms with van der Waals surface area (Å²) in [6, 6.07) is 5.37. The van der Waals surface area contributed by atoms with Crippen LogP contribution in [0, 0.1) is 4.78 Å². The van der Waals surface area contributed by atoms with Gasteiger partial charge in [0.15, 0.2) is 0 Å². The molecule has 1 aliphatic heterocycles. The molecule has 4 rings (SSSR count). The quantitative estimate of drug-likeness (QED) is 0.287. The molecule has 5 atom stereocenters. The molecule has 3 aromatic rings. The van der Waals surface area contributed by atoms with Crippen molar-refractivity contribution in [3.8, 4) is 5.88 Å². The highest BCUT2D eigenvalue weighted by atomic mass is 32.2. The van der Waals surface area contributed by atoms with Gasteiger partial charge in [-0.25, -0.2) is 24.0 Å². The van der Waals surface area contributed by atoms with Gasteiger partial charge in [0, 0.05) is 44.6 Å². The van der Waals surface area contributed by atoms with Crippen LogP contribution in [0.15, 0.2) is 30.6 Å². The Kier molecular flexibility index (Phi) is 7.85. The minimum Gasteiger partial charge on any atom is -0.474 e. The number of esters is 1. The first-order valence-electron chi connectivity index (χ1n) is 13.5. The number of nitrogens with zero attached hydrogens (tertiary/aromatic N) is 3. The summed E-state index contributed by atoms with van der Waals surface area (Å²) in [7, 11) is -2.69. The van der Waals surface area contributed by atoms with Gasteiger partial charge in [0.25, 0.3) is 0 Å². The number of hydrogen-bond donors (Lipinski definition) is 3. The number of nitrogens with one attached hydrogen (secondary N) is 2. The normalized spacial score (nSPS) is 20.9. The number of carbonyl (C=O) groups excluding carboxylic acids is 1. The lowest BCUT2D eigenvalue weighted by Gasteiger charge is -2.36. The van der Waals surface area contributed by atoms with Crippen LogP contribution in [0.4, 0.5) is 11.6 Å². The molecule has 216 valence electrons. The number of rotatable bonds is 9. The Balaban J connectivity index is 1.72. The molecule has 5 unspecified atom stereocenters. The summed E-state index contributed by atoms with van der Waals surface area (Å²) in [5.74, 6) is 1.14. The summed E-state index contributed by atoms with van der Waals surface area (Å²) in [6.45, 7) is 13.5. The third-order valence-electron chi connectivity index (χ3n) is 8.11. The Morgan fingerprint density at radius 1 is 1.23 bits per heavy atom. The number of cyclic esters (lactones) is 1. The molecule has 0 aliphatic carbocycles. The molecule has 4 heterocycles. The van der Waals surface area contributed by atoms with Crippen molar-refractivity contribution < 1.29 is 18.5 Å². The van der Waals surface area contributed by atoms with Crippen LogP contribution in [0.5, 0.6) is 5.88 Å². The second kappa shape index (κ2) is 10.6. The maximum atomic E-state index is 12.4. The molecule has 40 heavy (non-hydrogen) atoms. The van der Waals surface area contributed by atoms with Crippen molar-refractivity contribution in [2.24, 2.45) is 5.73 Å². The average Bonchev–Trinajstić information content (AvgIpc) is 2.87. The summed E-state index contributed by atoms with van der Waals surface area (Å²) in [6.07, 6.45) is 5.40. The standard InChI is InChI=1S/C29H40N6O4S/c1-9-29(7,30)22-15-33-26(38-16(2)12-17(3)40(8,31)37)21-14-32-24(13-20(21)22)34-23-11-10-19-25(35-23)28(5,6)18(4)39-27(19)36/h10-11,13-18,31H,9,12,30H2,1-8H3,(H,32,34,35). The van der Waals surface area contributed by atoms with Crippen LogP contribution in [0.1, 0.15) is 82.9 Å². The van der Waals surface area contributed by atoms with Crippen LogP contribution < -0.4 is 15.8 Å². The first-order valence-corrected chi connectivity index (χ1v) is 15.5. The molecule has 0 saturated carbocycles. The molecule has 3 aromatic heterocycles. The highest BCUT2D eigenvalue weighted by molar-refractivity contribution is 7.92. The minimum atomic E-state index is -2.69. The molecule has 11 heteroatoms. The molecule has 0 saturated heterocycles. The lowest BCUT2D eigenvalue weighted by atomic mass is 9.79. The van der Waals surface area contributed by atoms with Gasteiger partial charge in [-0.1, -0.05) is 20.8 Å². The summed E-state index contributed by atoms with van der Waals surface area (Å²) in [5.41, 5.74) is 7.56. The molecular formula is C29H40N6O4S. The first-order chi connectivity index (χ1) is 18.5. The number of nitrogens with two attached hydrogens (primary N) is 1. The van der Waals surface area contributed by atoms with Gasteiger partial charge in [0.2, 0.25) is 5.88 Å². The molecule has 0 bridgehead atoms. The zero-order valence-corrected chi connectivity index (χ0v) is 25.3. The van der Waals surface area contributed by atoms with E-state index in [0.29, 0.717) is 47.0 Å². The predicted molar refractivity (Wildman–Crippen MR) is 158 cm³/mol. The molecular weight excluding hydrogens is 528 g/mol. The van der Waals surface area contributed by atoms with Gasteiger partial charge in [0.1, 0.15) is 17.7 Å². The van der Waals surface area contributed by atoms with Crippen molar-refractivity contribution in [2.45, 2.75) is 89.7 Å². The fourth-order valence-electron chi connectivity index (χ4n) is 4.69. The number of ether oxygens (including phenoxy) is 2. The summed E-state index contributed by atoms with van der Waals surface area (Å²) in [4.78, 5) is 26.4. The van der Waals surface area contributed by atoms with E-state index in [1.165, 1.54) is 6.26 Å². The van der Waals surface area contributed by atoms with E-state index in [-0.39, 0.29) is 23.4 Å². The van der Waals surface area contributed by atoms with E-state index >= 15 is 0 Å². The Bertz CT molecular complexity index is 1550. The van der Waals surface area contributed by atoms with E-state index in [9.17, 15) is 9.00 Å². The van der Waals surface area contributed by atoms with E-state index in [2.05, 4.69) is 15.3 Å². The number of aromatic nitrogens is 3. The minimum absolute atomic E-state index is 0.311. The van der Waals surface area contributed by atoms with Crippen LogP contribution in [0.3, 0.4) is 0 Å². The monoisotopic (exact) mass is 568 g/mol. The van der Waals surface area contributed by atoms with Crippen LogP contribution in [-0.2, 0) is 25.4 Å². The van der Waals surface area contributed by atoms with Crippen LogP contribution in [0.25, 0.3) is 10.8 Å². The van der Waals surface area contributed by atoms with Crippen LogP contribution >= 0.6 is 0 Å². The number of carbonyl (C=O) groups is 1. The fraction of sp³-hybridized carbons (Fsp3) is 0.517. The van der Waals surface area contributed by atoms with E-state index < -0.39 is 20.7 Å². The highest BCUT2D eigenvalue weighted by Crippen LogP contribution is 2.37. The van der Waals surface area contributed by atoms with Crippen LogP contribution in [0.2, 0.25) is 0 Å². The topological polar surface area (TPSA) is 153 Å². The fourth-order valence-corrected chi connectivity index (χ4v) is 5.33. The van der Waals surface area contributed by atoms with Gasteiger partial charge >= 0.3 is 5.97 Å². The summed E-state index contributed by atoms with van der Waals surface area (Å²) >= 11 is 0. The largest absolute Gasteiger partial charge is 0.474 e. The van der Waals surface area contributed by atoms with Crippen LogP contribution in [-0.4, -0.2) is 48.8 Å². The van der Waals surface area contributed by atoms with Gasteiger partial charge in [-0.15, -0.1) is 0 Å². The van der Waals surface area contributed by atoms with Crippen molar-refractivity contribution in [2.75, 3.05) is 11.6 Å². The number of fused-ring (bicyclic) bond motifs is 2. The third-order valence-corrected chi connectivity index (χ3v) is 9.84. The van der Waals surface area contributed by atoms with Gasteiger partial charge < -0.3 is 20.5 Å². The van der Waals surface area contributed by atoms with Crippen molar-refractivity contribution in [3.05, 3.63) is 47.4 Å². The van der Waals surface area contributed by atoms with Crippen molar-refractivity contribution >= 4 is 38.1 Å². The Hall–Kier alpha value is -3.31. The lowest BCUT2D eigenvalue weighted by Crippen LogP contribution is -2.42. The molecule has 0 aromatic carbocycles. The SMILES string of the molecule is CCC(C)(N)c1cnc(OC(C)CC(C)S(C)(=N)=O)c2cnc(Nc3ccc4c(n3)C(C)(C)C(C)OC4=O)cc12. The van der Waals surface area contributed by atoms with Gasteiger partial charge in [-0.2, -0.15) is 0 Å². The van der Waals surface area contributed by atoms with E-state index in [1.807, 2.05) is 47.6 Å². The summed E-state index contributed by atoms with van der Waals surface area (Å²) in [5, 5.41) is 4.50. The molecule has 10 nitrogen and oxygen atoms in total. The summed E-state index contributed by atoms with van der Waals surface area (Å²) < 4.78 is 31.7. The van der Waals surface area contributed by atoms with Crippen molar-refractivity contribution in [1.82, 2.24) is 15.0 Å². The molecule has 0 radical (unpaired) electrons. The predicted octanol–water partition coefficient (Wildman–Crippen LogP) is 5.41. The Labute approximate surface area is 236 Å². The molecule has 4 N–H and O–H groups in total. The van der Waals surface area contributed by atoms with Crippen molar-refractivity contribution in [3.63, 3.8) is 0 Å². The molecule has 0 spiro atoms. The Morgan fingerprint density at radius 2 is 1.93 bits per heavy atom. The second-order valence-electron chi connectivity index (χ2n) is 11.7. The van der Waals surface area contributed by atoms with E-state index in [1.54, 1.807) is 31.5 Å². The molecule has 1 aliphatic rings. The zero-order valence-electron chi connectivity index (χ0n) is 24.5. The zero-order chi connectivity index (χ0) is 29.6. The smallest absolute Gasteiger partial charge is 0.340 e. The maximum Gasteiger partial charge on any atom is 0.340 e. The number of hydrogen-bond acceptors (Lipinski definition) is 10. The van der Waals surface area contributed by atoms with E-state index in [0.717, 1.165) is 10.9 Å². The average molecular weight is 569 g/mol. The first kappa shape index (κ1) is 29.7. The van der Waals surface area contributed by atoms with Gasteiger partial charge in [-0.3, -0.25) is 4.78 Å². The number of anilines is 2. The van der Waals surface area contributed by atoms with Crippen molar-refractivity contribution in [1.29, 1.82) is 4.78 Å². The highest BCUT2D eigenvalue weighted by Gasteiger charge is 2.41. The van der Waals surface area contributed by atoms with Gasteiger partial charge in [-0.05, 0) is 69.7 Å². The second-order valence-corrected chi connectivity index (χ2v) is 14.3. The molecule has 0 fully saturated rings. The maximum absolute atomic E-state index is 12.4. The van der Waals surface area contributed by atoms with E-state index in [4.69, 9.17) is 25.0 Å². The number of pyridine rings is 3. The lowest BCUT2D eigenvalue weighted by molar-refractivity contribution is 0.00864. The third kappa shape index (κ3) is 5.76. The molecule has 0 amide bonds. The Morgan fingerprint density at radius 3 is 2.58 bits per heavy atom.